The lowest BCUT2D eigenvalue weighted by atomic mass is 10.2. The van der Waals surface area contributed by atoms with Crippen LogP contribution in [-0.2, 0) is 6.54 Å². The molecule has 2 rings (SSSR count). The van der Waals surface area contributed by atoms with Gasteiger partial charge in [-0.3, -0.25) is 4.79 Å². The van der Waals surface area contributed by atoms with Crippen molar-refractivity contribution in [3.05, 3.63) is 59.3 Å². The monoisotopic (exact) mass is 233 g/mol. The molecule has 0 aliphatic heterocycles. The Kier molecular flexibility index (Phi) is 3.23. The van der Waals surface area contributed by atoms with E-state index in [0.717, 1.165) is 5.56 Å². The summed E-state index contributed by atoms with van der Waals surface area (Å²) in [5.41, 5.74) is 1.21. The summed E-state index contributed by atoms with van der Waals surface area (Å²) < 4.78 is 18.3. The third-order valence-electron chi connectivity index (χ3n) is 2.47. The molecule has 88 valence electrons. The topological polar surface area (TPSA) is 42.2 Å². The molecule has 0 fully saturated rings. The molecule has 1 heterocycles. The van der Waals surface area contributed by atoms with Crippen molar-refractivity contribution in [1.29, 1.82) is 0 Å². The maximum absolute atomic E-state index is 13.3. The summed E-state index contributed by atoms with van der Waals surface area (Å²) in [6, 6.07) is 8.03. The fourth-order valence-electron chi connectivity index (χ4n) is 1.50. The van der Waals surface area contributed by atoms with Gasteiger partial charge in [-0.2, -0.15) is 0 Å². The Labute approximate surface area is 98.3 Å². The van der Waals surface area contributed by atoms with Crippen molar-refractivity contribution in [2.75, 3.05) is 0 Å². The lowest BCUT2D eigenvalue weighted by Gasteiger charge is -2.05. The molecular weight excluding hydrogens is 221 g/mol. The van der Waals surface area contributed by atoms with E-state index in [4.69, 9.17) is 4.42 Å². The summed E-state index contributed by atoms with van der Waals surface area (Å²) in [5, 5.41) is 2.61. The summed E-state index contributed by atoms with van der Waals surface area (Å²) in [6.45, 7) is 1.92. The number of carbonyl (C=O) groups is 1. The van der Waals surface area contributed by atoms with Crippen LogP contribution in [0.4, 0.5) is 4.39 Å². The molecule has 0 atom stereocenters. The van der Waals surface area contributed by atoms with Crippen molar-refractivity contribution in [3.8, 4) is 0 Å². The Morgan fingerprint density at radius 2 is 2.12 bits per heavy atom. The van der Waals surface area contributed by atoms with Crippen molar-refractivity contribution in [2.45, 2.75) is 13.5 Å². The summed E-state index contributed by atoms with van der Waals surface area (Å²) in [5.74, 6) is -0.402. The molecule has 3 nitrogen and oxygen atoms in total. The number of halogens is 1. The molecule has 1 N–H and O–H groups in total. The number of hydrogen-bond acceptors (Lipinski definition) is 2. The van der Waals surface area contributed by atoms with Gasteiger partial charge < -0.3 is 9.73 Å². The van der Waals surface area contributed by atoms with E-state index in [9.17, 15) is 9.18 Å². The Balaban J connectivity index is 2.02. The molecule has 0 aliphatic carbocycles. The van der Waals surface area contributed by atoms with Gasteiger partial charge in [0, 0.05) is 17.7 Å². The molecule has 1 aromatic heterocycles. The Morgan fingerprint density at radius 1 is 1.35 bits per heavy atom. The van der Waals surface area contributed by atoms with Crippen LogP contribution >= 0.6 is 0 Å². The molecule has 0 spiro atoms. The number of hydrogen-bond donors (Lipinski definition) is 1. The van der Waals surface area contributed by atoms with Gasteiger partial charge in [0.05, 0.1) is 6.26 Å². The minimum atomic E-state index is -0.337. The lowest BCUT2D eigenvalue weighted by Crippen LogP contribution is -2.23. The highest BCUT2D eigenvalue weighted by Crippen LogP contribution is 2.10. The number of nitrogens with one attached hydrogen (secondary N) is 1. The van der Waals surface area contributed by atoms with E-state index in [-0.39, 0.29) is 24.0 Å². The molecule has 4 heteroatoms. The SMILES string of the molecule is Cc1ccoc1C(=O)NCc1ccccc1F. The fraction of sp³-hybridized carbons (Fsp3) is 0.154. The van der Waals surface area contributed by atoms with Gasteiger partial charge in [0.25, 0.3) is 5.91 Å². The zero-order chi connectivity index (χ0) is 12.3. The highest BCUT2D eigenvalue weighted by Gasteiger charge is 2.12. The largest absolute Gasteiger partial charge is 0.459 e. The van der Waals surface area contributed by atoms with E-state index in [1.807, 2.05) is 0 Å². The van der Waals surface area contributed by atoms with E-state index in [1.54, 1.807) is 31.2 Å². The average Bonchev–Trinajstić information content (AvgIpc) is 2.74. The molecule has 1 amide bonds. The minimum Gasteiger partial charge on any atom is -0.459 e. The standard InChI is InChI=1S/C13H12FNO2/c1-9-6-7-17-12(9)13(16)15-8-10-4-2-3-5-11(10)14/h2-7H,8H2,1H3,(H,15,16). The number of carbonyl (C=O) groups excluding carboxylic acids is 1. The van der Waals surface area contributed by atoms with E-state index < -0.39 is 0 Å². The van der Waals surface area contributed by atoms with Crippen LogP contribution in [0, 0.1) is 12.7 Å². The summed E-state index contributed by atoms with van der Waals surface area (Å²) in [7, 11) is 0. The molecule has 1 aromatic carbocycles. The lowest BCUT2D eigenvalue weighted by molar-refractivity contribution is 0.0922. The number of amides is 1. The van der Waals surface area contributed by atoms with Crippen molar-refractivity contribution < 1.29 is 13.6 Å². The zero-order valence-corrected chi connectivity index (χ0v) is 9.37. The van der Waals surface area contributed by atoms with Crippen LogP contribution in [0.2, 0.25) is 0 Å². The van der Waals surface area contributed by atoms with Crippen molar-refractivity contribution in [3.63, 3.8) is 0 Å². The van der Waals surface area contributed by atoms with Crippen LogP contribution in [0.1, 0.15) is 21.7 Å². The van der Waals surface area contributed by atoms with Gasteiger partial charge in [-0.15, -0.1) is 0 Å². The second-order valence-electron chi connectivity index (χ2n) is 3.71. The fourth-order valence-corrected chi connectivity index (χ4v) is 1.50. The van der Waals surface area contributed by atoms with Crippen molar-refractivity contribution >= 4 is 5.91 Å². The molecule has 0 saturated carbocycles. The number of benzene rings is 1. The van der Waals surface area contributed by atoms with Crippen molar-refractivity contribution in [2.24, 2.45) is 0 Å². The normalized spacial score (nSPS) is 10.2. The first kappa shape index (κ1) is 11.4. The molecule has 2 aromatic rings. The summed E-state index contributed by atoms with van der Waals surface area (Å²) in [6.07, 6.45) is 1.45. The predicted molar refractivity (Wildman–Crippen MR) is 61.0 cm³/mol. The Morgan fingerprint density at radius 3 is 2.76 bits per heavy atom. The van der Waals surface area contributed by atoms with Gasteiger partial charge in [0.1, 0.15) is 5.82 Å². The van der Waals surface area contributed by atoms with Gasteiger partial charge in [-0.1, -0.05) is 18.2 Å². The quantitative estimate of drug-likeness (QED) is 0.885. The van der Waals surface area contributed by atoms with E-state index in [1.165, 1.54) is 12.3 Å². The second kappa shape index (κ2) is 4.82. The second-order valence-corrected chi connectivity index (χ2v) is 3.71. The number of rotatable bonds is 3. The van der Waals surface area contributed by atoms with E-state index in [2.05, 4.69) is 5.32 Å². The smallest absolute Gasteiger partial charge is 0.287 e. The molecule has 0 unspecified atom stereocenters. The van der Waals surface area contributed by atoms with Crippen LogP contribution in [0.25, 0.3) is 0 Å². The molecular formula is C13H12FNO2. The highest BCUT2D eigenvalue weighted by molar-refractivity contribution is 5.92. The van der Waals surface area contributed by atoms with Crippen LogP contribution in [-0.4, -0.2) is 5.91 Å². The number of furan rings is 1. The maximum atomic E-state index is 13.3. The first-order valence-corrected chi connectivity index (χ1v) is 5.24. The van der Waals surface area contributed by atoms with Gasteiger partial charge in [-0.25, -0.2) is 4.39 Å². The minimum absolute atomic E-state index is 0.144. The van der Waals surface area contributed by atoms with Crippen LogP contribution in [0.15, 0.2) is 41.0 Å². The highest BCUT2D eigenvalue weighted by atomic mass is 19.1. The van der Waals surface area contributed by atoms with Gasteiger partial charge in [-0.05, 0) is 19.1 Å². The third kappa shape index (κ3) is 2.53. The predicted octanol–water partition coefficient (Wildman–Crippen LogP) is 2.66. The van der Waals surface area contributed by atoms with Gasteiger partial charge >= 0.3 is 0 Å². The van der Waals surface area contributed by atoms with Gasteiger partial charge in [0.2, 0.25) is 0 Å². The Hall–Kier alpha value is -2.10. The number of aryl methyl sites for hydroxylation is 1. The maximum Gasteiger partial charge on any atom is 0.287 e. The molecule has 0 aliphatic rings. The van der Waals surface area contributed by atoms with Crippen molar-refractivity contribution in [1.82, 2.24) is 5.32 Å². The zero-order valence-electron chi connectivity index (χ0n) is 9.37. The molecule has 0 bridgehead atoms. The summed E-state index contributed by atoms with van der Waals surface area (Å²) in [4.78, 5) is 11.7. The molecule has 0 radical (unpaired) electrons. The summed E-state index contributed by atoms with van der Waals surface area (Å²) >= 11 is 0. The van der Waals surface area contributed by atoms with E-state index >= 15 is 0 Å². The average molecular weight is 233 g/mol. The van der Waals surface area contributed by atoms with E-state index in [0.29, 0.717) is 5.56 Å². The Bertz CT molecular complexity index is 534. The third-order valence-corrected chi connectivity index (χ3v) is 2.47. The van der Waals surface area contributed by atoms with Crippen LogP contribution < -0.4 is 5.32 Å². The molecule has 17 heavy (non-hydrogen) atoms. The first-order valence-electron chi connectivity index (χ1n) is 5.24. The van der Waals surface area contributed by atoms with Gasteiger partial charge in [0.15, 0.2) is 5.76 Å². The van der Waals surface area contributed by atoms with Crippen LogP contribution in [0.5, 0.6) is 0 Å². The molecule has 0 saturated heterocycles. The van der Waals surface area contributed by atoms with Crippen LogP contribution in [0.3, 0.4) is 0 Å². The first-order chi connectivity index (χ1) is 8.18.